The predicted molar refractivity (Wildman–Crippen MR) is 86.0 cm³/mol. The Bertz CT molecular complexity index is 519. The molecule has 0 heterocycles. The number of hydrogen-bond donors (Lipinski definition) is 3. The molecule has 0 saturated heterocycles. The van der Waals surface area contributed by atoms with Crippen LogP contribution in [-0.4, -0.2) is 30.9 Å². The van der Waals surface area contributed by atoms with E-state index < -0.39 is 0 Å². The molecule has 3 atom stereocenters. The first-order chi connectivity index (χ1) is 10.5. The molecule has 1 saturated carbocycles. The molecule has 2 rings (SSSR count). The summed E-state index contributed by atoms with van der Waals surface area (Å²) >= 11 is 0. The molecule has 0 spiro atoms. The molecule has 5 heteroatoms. The zero-order valence-corrected chi connectivity index (χ0v) is 13.6. The number of aryl methyl sites for hydroxylation is 1. The van der Waals surface area contributed by atoms with Gasteiger partial charge in [-0.1, -0.05) is 17.7 Å². The minimum atomic E-state index is -0.203. The van der Waals surface area contributed by atoms with Gasteiger partial charge >= 0.3 is 6.03 Å². The van der Waals surface area contributed by atoms with E-state index in [2.05, 4.69) is 10.6 Å². The van der Waals surface area contributed by atoms with Crippen LogP contribution in [0.1, 0.15) is 43.4 Å². The topological polar surface area (TPSA) is 70.6 Å². The van der Waals surface area contributed by atoms with Gasteiger partial charge in [-0.2, -0.15) is 0 Å². The summed E-state index contributed by atoms with van der Waals surface area (Å²) in [5.74, 6) is 1.15. The third-order valence-corrected chi connectivity index (χ3v) is 4.26. The number of carbonyl (C=O) groups excluding carboxylic acids is 1. The van der Waals surface area contributed by atoms with Crippen LogP contribution < -0.4 is 15.4 Å². The Balaban J connectivity index is 1.87. The second-order valence-corrected chi connectivity index (χ2v) is 6.15. The summed E-state index contributed by atoms with van der Waals surface area (Å²) in [4.78, 5) is 12.0. The molecule has 1 aromatic rings. The number of urea groups is 1. The van der Waals surface area contributed by atoms with Crippen molar-refractivity contribution in [3.05, 3.63) is 29.3 Å². The van der Waals surface area contributed by atoms with Crippen molar-refractivity contribution >= 4 is 6.03 Å². The van der Waals surface area contributed by atoms with Gasteiger partial charge < -0.3 is 20.5 Å². The van der Waals surface area contributed by atoms with E-state index in [1.54, 1.807) is 7.11 Å². The highest BCUT2D eigenvalue weighted by atomic mass is 16.5. The largest absolute Gasteiger partial charge is 0.496 e. The maximum atomic E-state index is 12.0. The summed E-state index contributed by atoms with van der Waals surface area (Å²) in [7, 11) is 1.63. The number of methoxy groups -OCH3 is 1. The Morgan fingerprint density at radius 2 is 2.23 bits per heavy atom. The Morgan fingerprint density at radius 3 is 2.86 bits per heavy atom. The van der Waals surface area contributed by atoms with Gasteiger partial charge in [0.25, 0.3) is 0 Å². The van der Waals surface area contributed by atoms with Crippen molar-refractivity contribution in [3.8, 4) is 5.75 Å². The summed E-state index contributed by atoms with van der Waals surface area (Å²) in [6.45, 7) is 4.57. The van der Waals surface area contributed by atoms with E-state index in [0.29, 0.717) is 12.5 Å². The summed E-state index contributed by atoms with van der Waals surface area (Å²) < 4.78 is 5.36. The van der Waals surface area contributed by atoms with Crippen LogP contribution in [0, 0.1) is 12.8 Å². The molecule has 2 amide bonds. The van der Waals surface area contributed by atoms with Gasteiger partial charge in [0.05, 0.1) is 19.3 Å². The number of rotatable bonds is 5. The van der Waals surface area contributed by atoms with Crippen LogP contribution in [0.15, 0.2) is 18.2 Å². The summed E-state index contributed by atoms with van der Waals surface area (Å²) in [5.41, 5.74) is 2.10. The molecule has 1 fully saturated rings. The molecule has 3 N–H and O–H groups in total. The molecule has 122 valence electrons. The summed E-state index contributed by atoms with van der Waals surface area (Å²) in [6.07, 6.45) is 2.39. The second kappa shape index (κ2) is 7.49. The first-order valence-corrected chi connectivity index (χ1v) is 7.86. The van der Waals surface area contributed by atoms with E-state index >= 15 is 0 Å². The van der Waals surface area contributed by atoms with E-state index in [1.807, 2.05) is 32.0 Å². The summed E-state index contributed by atoms with van der Waals surface area (Å²) in [6, 6.07) is 5.61. The average Bonchev–Trinajstić information content (AvgIpc) is 2.90. The normalized spacial score (nSPS) is 22.2. The van der Waals surface area contributed by atoms with Crippen molar-refractivity contribution in [2.75, 3.05) is 13.7 Å². The Labute approximate surface area is 132 Å². The fraction of sp³-hybridized carbons (Fsp3) is 0.588. The Hall–Kier alpha value is -1.75. The van der Waals surface area contributed by atoms with E-state index in [0.717, 1.165) is 36.1 Å². The number of aliphatic hydroxyl groups is 1. The van der Waals surface area contributed by atoms with Gasteiger partial charge in [0.1, 0.15) is 5.75 Å². The third kappa shape index (κ3) is 4.37. The maximum Gasteiger partial charge on any atom is 0.315 e. The number of carbonyl (C=O) groups is 1. The molecule has 1 aliphatic carbocycles. The second-order valence-electron chi connectivity index (χ2n) is 6.15. The highest BCUT2D eigenvalue weighted by Gasteiger charge is 2.23. The number of hydrogen-bond acceptors (Lipinski definition) is 3. The number of amides is 2. The smallest absolute Gasteiger partial charge is 0.315 e. The van der Waals surface area contributed by atoms with Crippen molar-refractivity contribution in [1.29, 1.82) is 0 Å². The molecule has 0 aliphatic heterocycles. The molecule has 1 aromatic carbocycles. The van der Waals surface area contributed by atoms with Gasteiger partial charge in [-0.15, -0.1) is 0 Å². The number of benzene rings is 1. The molecular weight excluding hydrogens is 280 g/mol. The van der Waals surface area contributed by atoms with Gasteiger partial charge in [-0.05, 0) is 45.1 Å². The van der Waals surface area contributed by atoms with Gasteiger partial charge in [0.2, 0.25) is 0 Å². The average molecular weight is 306 g/mol. The van der Waals surface area contributed by atoms with Crippen molar-refractivity contribution in [3.63, 3.8) is 0 Å². The fourth-order valence-electron chi connectivity index (χ4n) is 2.99. The lowest BCUT2D eigenvalue weighted by molar-refractivity contribution is 0.177. The lowest BCUT2D eigenvalue weighted by Crippen LogP contribution is -2.39. The molecule has 0 unspecified atom stereocenters. The minimum absolute atomic E-state index is 0.135. The highest BCUT2D eigenvalue weighted by molar-refractivity contribution is 5.74. The predicted octanol–water partition coefficient (Wildman–Crippen LogP) is 2.52. The van der Waals surface area contributed by atoms with Gasteiger partial charge in [0.15, 0.2) is 0 Å². The summed E-state index contributed by atoms with van der Waals surface area (Å²) in [5, 5.41) is 15.3. The van der Waals surface area contributed by atoms with Crippen molar-refractivity contribution in [2.45, 2.75) is 45.3 Å². The molecule has 22 heavy (non-hydrogen) atoms. The van der Waals surface area contributed by atoms with Crippen LogP contribution in [0.3, 0.4) is 0 Å². The van der Waals surface area contributed by atoms with Crippen LogP contribution in [0.2, 0.25) is 0 Å². The molecule has 0 bridgehead atoms. The van der Waals surface area contributed by atoms with E-state index in [9.17, 15) is 9.90 Å². The van der Waals surface area contributed by atoms with Crippen molar-refractivity contribution < 1.29 is 14.6 Å². The molecule has 0 aromatic heterocycles. The fourth-order valence-corrected chi connectivity index (χ4v) is 2.99. The zero-order chi connectivity index (χ0) is 16.1. The molecule has 1 aliphatic rings. The highest BCUT2D eigenvalue weighted by Crippen LogP contribution is 2.26. The first kappa shape index (κ1) is 16.6. The lowest BCUT2D eigenvalue weighted by atomic mass is 10.0. The lowest BCUT2D eigenvalue weighted by Gasteiger charge is -2.19. The minimum Gasteiger partial charge on any atom is -0.496 e. The number of aliphatic hydroxyl groups excluding tert-OH is 1. The van der Waals surface area contributed by atoms with Crippen LogP contribution in [-0.2, 0) is 0 Å². The van der Waals surface area contributed by atoms with E-state index in [-0.39, 0.29) is 18.2 Å². The zero-order valence-electron chi connectivity index (χ0n) is 13.6. The molecule has 0 radical (unpaired) electrons. The maximum absolute atomic E-state index is 12.0. The monoisotopic (exact) mass is 306 g/mol. The van der Waals surface area contributed by atoms with Crippen LogP contribution >= 0.6 is 0 Å². The molecule has 5 nitrogen and oxygen atoms in total. The molecular formula is C17H26N2O3. The first-order valence-electron chi connectivity index (χ1n) is 7.86. The van der Waals surface area contributed by atoms with E-state index in [1.165, 1.54) is 0 Å². The Kier molecular flexibility index (Phi) is 5.66. The SMILES string of the molecule is COc1ccc(C)cc1[C@H](C)NC(=O)NC[C@H]1CC[C@H](O)C1. The van der Waals surface area contributed by atoms with Crippen molar-refractivity contribution in [2.24, 2.45) is 5.92 Å². The Morgan fingerprint density at radius 1 is 1.45 bits per heavy atom. The van der Waals surface area contributed by atoms with Crippen LogP contribution in [0.4, 0.5) is 4.79 Å². The van der Waals surface area contributed by atoms with E-state index in [4.69, 9.17) is 4.74 Å². The van der Waals surface area contributed by atoms with Crippen LogP contribution in [0.5, 0.6) is 5.75 Å². The quantitative estimate of drug-likeness (QED) is 0.783. The van der Waals surface area contributed by atoms with Gasteiger partial charge in [-0.25, -0.2) is 4.79 Å². The number of ether oxygens (including phenoxy) is 1. The number of nitrogens with one attached hydrogen (secondary N) is 2. The van der Waals surface area contributed by atoms with Crippen LogP contribution in [0.25, 0.3) is 0 Å². The van der Waals surface area contributed by atoms with Gasteiger partial charge in [0, 0.05) is 12.1 Å². The van der Waals surface area contributed by atoms with Gasteiger partial charge in [-0.3, -0.25) is 0 Å². The third-order valence-electron chi connectivity index (χ3n) is 4.26. The van der Waals surface area contributed by atoms with Crippen molar-refractivity contribution in [1.82, 2.24) is 10.6 Å². The standard InChI is InChI=1S/C17H26N2O3/c1-11-4-7-16(22-3)15(8-11)12(2)19-17(21)18-10-13-5-6-14(20)9-13/h4,7-8,12-14,20H,5-6,9-10H2,1-3H3,(H2,18,19,21)/t12-,13-,14-/m0/s1.